The van der Waals surface area contributed by atoms with Crippen molar-refractivity contribution in [1.29, 1.82) is 0 Å². The first-order valence-electron chi connectivity index (χ1n) is 9.00. The molecule has 0 amide bonds. The Morgan fingerprint density at radius 2 is 1.85 bits per heavy atom. The van der Waals surface area contributed by atoms with Crippen LogP contribution < -0.4 is 10.1 Å². The number of aromatic nitrogens is 1. The van der Waals surface area contributed by atoms with E-state index in [2.05, 4.69) is 60.6 Å². The second-order valence-corrected chi connectivity index (χ2v) is 6.72. The Hall–Kier alpha value is -2.27. The number of aliphatic hydroxyl groups is 1. The van der Waals surface area contributed by atoms with Crippen molar-refractivity contribution in [2.45, 2.75) is 26.0 Å². The summed E-state index contributed by atoms with van der Waals surface area (Å²) in [4.78, 5) is 3.23. The fraction of sp³-hybridized carbons (Fsp3) is 0.273. The van der Waals surface area contributed by atoms with Crippen LogP contribution in [0.2, 0.25) is 0 Å². The Morgan fingerprint density at radius 1 is 1.07 bits per heavy atom. The van der Waals surface area contributed by atoms with E-state index in [1.807, 2.05) is 30.5 Å². The maximum Gasteiger partial charge on any atom is 0.119 e. The summed E-state index contributed by atoms with van der Waals surface area (Å²) in [5, 5.41) is 14.3. The summed E-state index contributed by atoms with van der Waals surface area (Å²) in [6.07, 6.45) is 5.65. The molecule has 1 unspecified atom stereocenters. The molecule has 0 fully saturated rings. The van der Waals surface area contributed by atoms with E-state index in [-0.39, 0.29) is 19.0 Å². The van der Waals surface area contributed by atoms with E-state index in [0.717, 1.165) is 16.8 Å². The van der Waals surface area contributed by atoms with Crippen molar-refractivity contribution in [3.8, 4) is 5.75 Å². The van der Waals surface area contributed by atoms with Crippen LogP contribution in [0.3, 0.4) is 0 Å². The van der Waals surface area contributed by atoms with Gasteiger partial charge in [0.25, 0.3) is 0 Å². The molecule has 0 aliphatic carbocycles. The number of nitrogens with one attached hydrogen (secondary N) is 2. The number of fused-ring (bicyclic) bond motifs is 1. The molecule has 144 valence electrons. The highest BCUT2D eigenvalue weighted by atomic mass is 35.5. The number of aliphatic hydroxyl groups excluding tert-OH is 1. The van der Waals surface area contributed by atoms with Crippen LogP contribution in [-0.4, -0.2) is 35.4 Å². The molecule has 1 atom stereocenters. The van der Waals surface area contributed by atoms with Crippen LogP contribution in [0.15, 0.2) is 54.7 Å². The summed E-state index contributed by atoms with van der Waals surface area (Å²) < 4.78 is 5.65. The summed E-state index contributed by atoms with van der Waals surface area (Å²) in [5.41, 5.74) is 3.43. The van der Waals surface area contributed by atoms with Gasteiger partial charge < -0.3 is 20.1 Å². The molecule has 4 nitrogen and oxygen atoms in total. The number of hydrogen-bond acceptors (Lipinski definition) is 3. The molecule has 1 heterocycles. The fourth-order valence-corrected chi connectivity index (χ4v) is 2.74. The molecule has 3 N–H and O–H groups in total. The molecule has 0 aliphatic heterocycles. The van der Waals surface area contributed by atoms with Crippen LogP contribution in [0.5, 0.6) is 5.75 Å². The van der Waals surface area contributed by atoms with Gasteiger partial charge in [-0.25, -0.2) is 0 Å². The van der Waals surface area contributed by atoms with E-state index in [4.69, 9.17) is 4.74 Å². The second kappa shape index (κ2) is 10.2. The van der Waals surface area contributed by atoms with E-state index < -0.39 is 6.10 Å². The number of halogens is 1. The molecule has 3 aromatic rings. The van der Waals surface area contributed by atoms with Crippen LogP contribution >= 0.6 is 12.4 Å². The molecule has 0 spiro atoms. The highest BCUT2D eigenvalue weighted by Gasteiger charge is 2.06. The molecule has 1 aromatic heterocycles. The van der Waals surface area contributed by atoms with Crippen molar-refractivity contribution in [2.75, 3.05) is 13.2 Å². The number of rotatable bonds is 8. The number of hydrogen-bond donors (Lipinski definition) is 3. The largest absolute Gasteiger partial charge is 0.491 e. The third-order valence-corrected chi connectivity index (χ3v) is 4.17. The number of benzene rings is 2. The lowest BCUT2D eigenvalue weighted by atomic mass is 10.1. The zero-order valence-electron chi connectivity index (χ0n) is 15.7. The first kappa shape index (κ1) is 21.0. The Morgan fingerprint density at radius 3 is 2.59 bits per heavy atom. The average Bonchev–Trinajstić information content (AvgIpc) is 3.13. The SMILES string of the molecule is CC(C)NCC(O)COc1ccc(/C=C/c2cccc3[nH]ccc23)cc1.Cl. The molecule has 0 aliphatic rings. The van der Waals surface area contributed by atoms with Crippen LogP contribution in [0.25, 0.3) is 23.1 Å². The monoisotopic (exact) mass is 386 g/mol. The van der Waals surface area contributed by atoms with Crippen molar-refractivity contribution in [2.24, 2.45) is 0 Å². The average molecular weight is 387 g/mol. The minimum atomic E-state index is -0.515. The summed E-state index contributed by atoms with van der Waals surface area (Å²) in [6, 6.07) is 16.6. The summed E-state index contributed by atoms with van der Waals surface area (Å²) in [6.45, 7) is 4.92. The van der Waals surface area contributed by atoms with E-state index in [0.29, 0.717) is 12.6 Å². The van der Waals surface area contributed by atoms with Gasteiger partial charge in [0.05, 0.1) is 0 Å². The number of aromatic amines is 1. The van der Waals surface area contributed by atoms with Crippen molar-refractivity contribution in [1.82, 2.24) is 10.3 Å². The summed E-state index contributed by atoms with van der Waals surface area (Å²) in [7, 11) is 0. The molecule has 0 saturated heterocycles. The summed E-state index contributed by atoms with van der Waals surface area (Å²) >= 11 is 0. The van der Waals surface area contributed by atoms with Crippen molar-refractivity contribution in [3.05, 3.63) is 65.9 Å². The molecule has 3 rings (SSSR count). The standard InChI is InChI=1S/C22H26N2O2.ClH/c1-16(2)24-14-19(25)15-26-20-10-7-17(8-11-20)6-9-18-4-3-5-22-21(18)12-13-23-22;/h3-13,16,19,23-25H,14-15H2,1-2H3;1H/b9-6+;. The van der Waals surface area contributed by atoms with Gasteiger partial charge in [0.2, 0.25) is 0 Å². The predicted molar refractivity (Wildman–Crippen MR) is 116 cm³/mol. The van der Waals surface area contributed by atoms with Gasteiger partial charge in [-0.1, -0.05) is 50.3 Å². The smallest absolute Gasteiger partial charge is 0.119 e. The number of H-pyrrole nitrogens is 1. The van der Waals surface area contributed by atoms with E-state index >= 15 is 0 Å². The topological polar surface area (TPSA) is 57.3 Å². The van der Waals surface area contributed by atoms with E-state index in [9.17, 15) is 5.11 Å². The Labute approximate surface area is 166 Å². The van der Waals surface area contributed by atoms with Crippen molar-refractivity contribution < 1.29 is 9.84 Å². The quantitative estimate of drug-likeness (QED) is 0.499. The van der Waals surface area contributed by atoms with Gasteiger partial charge in [-0.05, 0) is 35.4 Å². The maximum absolute atomic E-state index is 9.89. The first-order chi connectivity index (χ1) is 12.6. The van der Waals surface area contributed by atoms with Gasteiger partial charge in [0.15, 0.2) is 0 Å². The molecule has 5 heteroatoms. The minimum absolute atomic E-state index is 0. The normalized spacial score (nSPS) is 12.4. The van der Waals surface area contributed by atoms with Gasteiger partial charge >= 0.3 is 0 Å². The molecular weight excluding hydrogens is 360 g/mol. The molecule has 2 aromatic carbocycles. The lowest BCUT2D eigenvalue weighted by molar-refractivity contribution is 0.104. The lowest BCUT2D eigenvalue weighted by Crippen LogP contribution is -2.35. The van der Waals surface area contributed by atoms with Crippen molar-refractivity contribution in [3.63, 3.8) is 0 Å². The maximum atomic E-state index is 9.89. The van der Waals surface area contributed by atoms with Crippen LogP contribution in [0.4, 0.5) is 0 Å². The zero-order chi connectivity index (χ0) is 18.4. The van der Waals surface area contributed by atoms with Gasteiger partial charge in [-0.3, -0.25) is 0 Å². The predicted octanol–water partition coefficient (Wildman–Crippen LogP) is 4.50. The van der Waals surface area contributed by atoms with Crippen LogP contribution in [0, 0.1) is 0 Å². The third kappa shape index (κ3) is 6.14. The Bertz CT molecular complexity index is 856. The molecular formula is C22H27ClN2O2. The van der Waals surface area contributed by atoms with Gasteiger partial charge in [-0.2, -0.15) is 0 Å². The Balaban J connectivity index is 0.00000261. The van der Waals surface area contributed by atoms with Crippen LogP contribution in [-0.2, 0) is 0 Å². The minimum Gasteiger partial charge on any atom is -0.491 e. The zero-order valence-corrected chi connectivity index (χ0v) is 16.5. The molecule has 0 saturated carbocycles. The highest BCUT2D eigenvalue weighted by Crippen LogP contribution is 2.20. The molecule has 0 bridgehead atoms. The van der Waals surface area contributed by atoms with Crippen molar-refractivity contribution >= 4 is 35.5 Å². The first-order valence-corrected chi connectivity index (χ1v) is 9.00. The van der Waals surface area contributed by atoms with Gasteiger partial charge in [0, 0.05) is 29.7 Å². The van der Waals surface area contributed by atoms with E-state index in [1.165, 1.54) is 10.9 Å². The fourth-order valence-electron chi connectivity index (χ4n) is 2.74. The van der Waals surface area contributed by atoms with Gasteiger partial charge in [-0.15, -0.1) is 12.4 Å². The number of ether oxygens (including phenoxy) is 1. The third-order valence-electron chi connectivity index (χ3n) is 4.17. The highest BCUT2D eigenvalue weighted by molar-refractivity contribution is 5.91. The second-order valence-electron chi connectivity index (χ2n) is 6.72. The molecule has 0 radical (unpaired) electrons. The summed E-state index contributed by atoms with van der Waals surface area (Å²) in [5.74, 6) is 0.762. The van der Waals surface area contributed by atoms with Crippen LogP contribution in [0.1, 0.15) is 25.0 Å². The van der Waals surface area contributed by atoms with E-state index in [1.54, 1.807) is 0 Å². The molecule has 27 heavy (non-hydrogen) atoms. The lowest BCUT2D eigenvalue weighted by Gasteiger charge is -2.15. The Kier molecular flexibility index (Phi) is 7.92. The van der Waals surface area contributed by atoms with Gasteiger partial charge in [0.1, 0.15) is 18.5 Å².